The van der Waals surface area contributed by atoms with Gasteiger partial charge in [-0.1, -0.05) is 29.8 Å². The number of nitrogens with zero attached hydrogens (tertiary/aromatic N) is 5. The molecule has 10 heteroatoms. The highest BCUT2D eigenvalue weighted by molar-refractivity contribution is 7.13. The number of amides is 2. The topological polar surface area (TPSA) is 95.7 Å². The van der Waals surface area contributed by atoms with Crippen LogP contribution in [-0.4, -0.2) is 77.4 Å². The van der Waals surface area contributed by atoms with Gasteiger partial charge in [0, 0.05) is 47.7 Å². The second kappa shape index (κ2) is 9.93. The van der Waals surface area contributed by atoms with Crippen molar-refractivity contribution < 1.29 is 9.59 Å². The van der Waals surface area contributed by atoms with Crippen molar-refractivity contribution >= 4 is 40.4 Å². The maximum Gasteiger partial charge on any atom is 0.268 e. The van der Waals surface area contributed by atoms with Crippen LogP contribution in [0, 0.1) is 0 Å². The maximum absolute atomic E-state index is 12.9. The largest absolute Gasteiger partial charge is 0.367 e. The Bertz CT molecular complexity index is 1260. The minimum absolute atomic E-state index is 0.00175. The Hall–Kier alpha value is -3.01. The molecule has 3 aromatic rings. The molecule has 2 amide bonds. The van der Waals surface area contributed by atoms with Crippen LogP contribution in [0.5, 0.6) is 0 Å². The van der Waals surface area contributed by atoms with Crippen LogP contribution in [0.15, 0.2) is 41.9 Å². The number of carbonyl (C=O) groups is 2. The van der Waals surface area contributed by atoms with Gasteiger partial charge in [-0.15, -0.1) is 11.3 Å². The smallest absolute Gasteiger partial charge is 0.268 e. The van der Waals surface area contributed by atoms with Gasteiger partial charge in [0.1, 0.15) is 10.7 Å². The van der Waals surface area contributed by atoms with Crippen molar-refractivity contribution in [1.82, 2.24) is 19.8 Å². The highest BCUT2D eigenvalue weighted by Gasteiger charge is 2.33. The standard InChI is InChI=1S/C25H27ClN6O2S/c1-30-8-4-7-21(30)25(34)32-11-9-31(10-12-32)16-13-18(22(23(27)33)28-14-16)24-29-20(15-35-24)17-5-2-3-6-19(17)26/h2-3,5-6,13-15,21H,4,7-12H2,1H3,(H2,27,33)/t21-/m0/s1. The van der Waals surface area contributed by atoms with Crippen molar-refractivity contribution in [3.63, 3.8) is 0 Å². The second-order valence-corrected chi connectivity index (χ2v) is 10.2. The number of nitrogens with two attached hydrogens (primary N) is 1. The van der Waals surface area contributed by atoms with Crippen LogP contribution in [-0.2, 0) is 4.79 Å². The van der Waals surface area contributed by atoms with Gasteiger partial charge in [-0.3, -0.25) is 14.5 Å². The lowest BCUT2D eigenvalue weighted by atomic mass is 10.1. The van der Waals surface area contributed by atoms with E-state index in [1.165, 1.54) is 11.3 Å². The molecular formula is C25H27ClN6O2S. The Morgan fingerprint density at radius 3 is 2.57 bits per heavy atom. The van der Waals surface area contributed by atoms with Gasteiger partial charge >= 0.3 is 0 Å². The number of halogens is 1. The van der Waals surface area contributed by atoms with E-state index in [1.54, 1.807) is 6.20 Å². The van der Waals surface area contributed by atoms with Crippen LogP contribution >= 0.6 is 22.9 Å². The highest BCUT2D eigenvalue weighted by atomic mass is 35.5. The third-order valence-electron chi connectivity index (χ3n) is 6.75. The van der Waals surface area contributed by atoms with Gasteiger partial charge in [0.15, 0.2) is 0 Å². The first-order valence-corrected chi connectivity index (χ1v) is 12.9. The number of carbonyl (C=O) groups excluding carboxylic acids is 2. The summed E-state index contributed by atoms with van der Waals surface area (Å²) >= 11 is 7.76. The molecule has 2 saturated heterocycles. The van der Waals surface area contributed by atoms with Crippen LogP contribution < -0.4 is 10.6 Å². The van der Waals surface area contributed by atoms with Crippen LogP contribution in [0.2, 0.25) is 5.02 Å². The first-order valence-electron chi connectivity index (χ1n) is 11.7. The summed E-state index contributed by atoms with van der Waals surface area (Å²) in [4.78, 5) is 40.5. The summed E-state index contributed by atoms with van der Waals surface area (Å²) in [6.45, 7) is 3.68. The van der Waals surface area contributed by atoms with Gasteiger partial charge in [-0.05, 0) is 38.6 Å². The van der Waals surface area contributed by atoms with E-state index in [9.17, 15) is 9.59 Å². The second-order valence-electron chi connectivity index (χ2n) is 8.92. The predicted molar refractivity (Wildman–Crippen MR) is 139 cm³/mol. The van der Waals surface area contributed by atoms with E-state index in [2.05, 4.69) is 14.8 Å². The van der Waals surface area contributed by atoms with Gasteiger partial charge in [-0.25, -0.2) is 9.97 Å². The lowest BCUT2D eigenvalue weighted by molar-refractivity contribution is -0.135. The summed E-state index contributed by atoms with van der Waals surface area (Å²) < 4.78 is 0. The molecule has 2 aromatic heterocycles. The zero-order chi connectivity index (χ0) is 24.5. The summed E-state index contributed by atoms with van der Waals surface area (Å²) in [7, 11) is 2.02. The molecule has 2 aliphatic rings. The number of piperazine rings is 1. The molecule has 182 valence electrons. The molecule has 2 aliphatic heterocycles. The molecule has 0 saturated carbocycles. The molecule has 2 N–H and O–H groups in total. The number of primary amides is 1. The number of benzene rings is 1. The van der Waals surface area contributed by atoms with E-state index in [-0.39, 0.29) is 17.6 Å². The van der Waals surface area contributed by atoms with Crippen molar-refractivity contribution in [2.45, 2.75) is 18.9 Å². The van der Waals surface area contributed by atoms with E-state index >= 15 is 0 Å². The lowest BCUT2D eigenvalue weighted by Crippen LogP contribution is -2.53. The summed E-state index contributed by atoms with van der Waals surface area (Å²) in [6.07, 6.45) is 3.68. The average Bonchev–Trinajstić information content (AvgIpc) is 3.53. The van der Waals surface area contributed by atoms with Crippen LogP contribution in [0.4, 0.5) is 5.69 Å². The summed E-state index contributed by atoms with van der Waals surface area (Å²) in [5.74, 6) is -0.375. The number of likely N-dealkylation sites (tertiary alicyclic amines) is 1. The fourth-order valence-corrected chi connectivity index (χ4v) is 5.86. The number of hydrogen-bond acceptors (Lipinski definition) is 7. The van der Waals surface area contributed by atoms with E-state index < -0.39 is 5.91 Å². The number of rotatable bonds is 5. The van der Waals surface area contributed by atoms with Crippen LogP contribution in [0.1, 0.15) is 23.3 Å². The normalized spacial score (nSPS) is 18.7. The molecule has 1 aromatic carbocycles. The molecular weight excluding hydrogens is 484 g/mol. The van der Waals surface area contributed by atoms with E-state index in [0.29, 0.717) is 41.8 Å². The quantitative estimate of drug-likeness (QED) is 0.565. The fourth-order valence-electron chi connectivity index (χ4n) is 4.79. The number of hydrogen-bond donors (Lipinski definition) is 1. The predicted octanol–water partition coefficient (Wildman–Crippen LogP) is 3.37. The Balaban J connectivity index is 1.36. The van der Waals surface area contributed by atoms with Gasteiger partial charge < -0.3 is 15.5 Å². The van der Waals surface area contributed by atoms with Gasteiger partial charge in [0.05, 0.1) is 23.6 Å². The monoisotopic (exact) mass is 510 g/mol. The average molecular weight is 511 g/mol. The molecule has 35 heavy (non-hydrogen) atoms. The molecule has 4 heterocycles. The molecule has 2 fully saturated rings. The van der Waals surface area contributed by atoms with Gasteiger partial charge in [-0.2, -0.15) is 0 Å². The van der Waals surface area contributed by atoms with Crippen LogP contribution in [0.25, 0.3) is 21.8 Å². The Morgan fingerprint density at radius 1 is 1.11 bits per heavy atom. The molecule has 0 bridgehead atoms. The van der Waals surface area contributed by atoms with Crippen molar-refractivity contribution in [3.8, 4) is 21.8 Å². The third-order valence-corrected chi connectivity index (χ3v) is 7.96. The number of likely N-dealkylation sites (N-methyl/N-ethyl adjacent to an activating group) is 1. The van der Waals surface area contributed by atoms with Gasteiger partial charge in [0.25, 0.3) is 5.91 Å². The molecule has 1 atom stereocenters. The van der Waals surface area contributed by atoms with E-state index in [0.717, 1.165) is 36.3 Å². The van der Waals surface area contributed by atoms with E-state index in [4.69, 9.17) is 22.3 Å². The number of anilines is 1. The fraction of sp³-hybridized carbons (Fsp3) is 0.360. The number of thiazole rings is 1. The Morgan fingerprint density at radius 2 is 1.89 bits per heavy atom. The molecule has 5 rings (SSSR count). The van der Waals surface area contributed by atoms with Crippen molar-refractivity contribution in [2.24, 2.45) is 5.73 Å². The lowest BCUT2D eigenvalue weighted by Gasteiger charge is -2.38. The summed E-state index contributed by atoms with van der Waals surface area (Å²) in [5.41, 5.74) is 8.87. The Kier molecular flexibility index (Phi) is 6.73. The summed E-state index contributed by atoms with van der Waals surface area (Å²) in [6, 6.07) is 9.44. The first kappa shape index (κ1) is 23.7. The number of pyridine rings is 1. The third kappa shape index (κ3) is 4.76. The zero-order valence-electron chi connectivity index (χ0n) is 19.5. The van der Waals surface area contributed by atoms with Crippen LogP contribution in [0.3, 0.4) is 0 Å². The first-order chi connectivity index (χ1) is 16.9. The molecule has 0 unspecified atom stereocenters. The van der Waals surface area contributed by atoms with Crippen molar-refractivity contribution in [1.29, 1.82) is 0 Å². The minimum atomic E-state index is -0.600. The molecule has 8 nitrogen and oxygen atoms in total. The maximum atomic E-state index is 12.9. The van der Waals surface area contributed by atoms with Crippen molar-refractivity contribution in [2.75, 3.05) is 44.7 Å². The van der Waals surface area contributed by atoms with Gasteiger partial charge in [0.2, 0.25) is 5.91 Å². The Labute approximate surface area is 213 Å². The zero-order valence-corrected chi connectivity index (χ0v) is 21.1. The molecule has 0 spiro atoms. The minimum Gasteiger partial charge on any atom is -0.367 e. The number of aromatic nitrogens is 2. The SMILES string of the molecule is CN1CCC[C@H]1C(=O)N1CCN(c2cnc(C(N)=O)c(-c3nc(-c4ccccc4Cl)cs3)c2)CC1. The molecule has 0 aliphatic carbocycles. The van der Waals surface area contributed by atoms with E-state index in [1.807, 2.05) is 47.7 Å². The summed E-state index contributed by atoms with van der Waals surface area (Å²) in [5, 5.41) is 3.18. The van der Waals surface area contributed by atoms with Crippen molar-refractivity contribution in [3.05, 3.63) is 52.6 Å². The highest BCUT2D eigenvalue weighted by Crippen LogP contribution is 2.35. The molecule has 0 radical (unpaired) electrons.